The second kappa shape index (κ2) is 6.66. The fraction of sp³-hybridized carbons (Fsp3) is 0.533. The first-order valence-electron chi connectivity index (χ1n) is 7.32. The van der Waals surface area contributed by atoms with Crippen molar-refractivity contribution in [3.05, 3.63) is 29.3 Å². The van der Waals surface area contributed by atoms with Crippen LogP contribution in [0.4, 0.5) is 5.69 Å². The predicted octanol–water partition coefficient (Wildman–Crippen LogP) is 1.05. The Morgan fingerprint density at radius 3 is 2.77 bits per heavy atom. The van der Waals surface area contributed by atoms with Crippen molar-refractivity contribution in [3.8, 4) is 0 Å². The summed E-state index contributed by atoms with van der Waals surface area (Å²) in [5.41, 5.74) is 1.68. The molecule has 1 atom stereocenters. The first-order valence-corrected chi connectivity index (χ1v) is 9.21. The first-order chi connectivity index (χ1) is 10.3. The van der Waals surface area contributed by atoms with Gasteiger partial charge in [0.2, 0.25) is 10.0 Å². The van der Waals surface area contributed by atoms with Gasteiger partial charge in [0, 0.05) is 13.1 Å². The average molecular weight is 325 g/mol. The first kappa shape index (κ1) is 16.8. The van der Waals surface area contributed by atoms with Crippen molar-refractivity contribution in [2.24, 2.45) is 5.92 Å². The summed E-state index contributed by atoms with van der Waals surface area (Å²) in [6.45, 7) is 4.17. The van der Waals surface area contributed by atoms with Gasteiger partial charge in [-0.3, -0.25) is 9.52 Å². The highest BCUT2D eigenvalue weighted by Crippen LogP contribution is 2.24. The van der Waals surface area contributed by atoms with E-state index in [-0.39, 0.29) is 5.91 Å². The molecule has 1 unspecified atom stereocenters. The lowest BCUT2D eigenvalue weighted by atomic mass is 10.1. The Hall–Kier alpha value is -1.60. The van der Waals surface area contributed by atoms with Gasteiger partial charge in [-0.1, -0.05) is 11.6 Å². The van der Waals surface area contributed by atoms with E-state index in [1.807, 2.05) is 14.0 Å². The minimum absolute atomic E-state index is 0.117. The van der Waals surface area contributed by atoms with Crippen LogP contribution in [0.1, 0.15) is 22.3 Å². The van der Waals surface area contributed by atoms with Crippen LogP contribution >= 0.6 is 0 Å². The predicted molar refractivity (Wildman–Crippen MR) is 87.6 cm³/mol. The Bertz CT molecular complexity index is 658. The van der Waals surface area contributed by atoms with Gasteiger partial charge in [-0.05, 0) is 45.0 Å². The van der Waals surface area contributed by atoms with Crippen molar-refractivity contribution in [3.63, 3.8) is 0 Å². The lowest BCUT2D eigenvalue weighted by molar-refractivity contribution is 0.0788. The number of sulfonamides is 1. The zero-order valence-corrected chi connectivity index (χ0v) is 14.0. The molecule has 6 nitrogen and oxygen atoms in total. The maximum Gasteiger partial charge on any atom is 0.256 e. The van der Waals surface area contributed by atoms with E-state index in [1.165, 1.54) is 0 Å². The van der Waals surface area contributed by atoms with E-state index in [9.17, 15) is 13.2 Å². The number of aryl methyl sites for hydroxylation is 1. The number of hydrogen-bond donors (Lipinski definition) is 2. The molecule has 0 bridgehead atoms. The number of nitrogens with zero attached hydrogens (tertiary/aromatic N) is 1. The van der Waals surface area contributed by atoms with Crippen LogP contribution in [0.15, 0.2) is 18.2 Å². The molecule has 1 saturated heterocycles. The van der Waals surface area contributed by atoms with Crippen molar-refractivity contribution in [2.75, 3.05) is 37.7 Å². The van der Waals surface area contributed by atoms with Crippen molar-refractivity contribution >= 4 is 21.6 Å². The zero-order chi connectivity index (χ0) is 16.3. The molecule has 1 heterocycles. The van der Waals surface area contributed by atoms with Crippen LogP contribution in [-0.4, -0.2) is 52.2 Å². The number of likely N-dealkylation sites (tertiary alicyclic amines) is 1. The normalized spacial score (nSPS) is 18.5. The molecule has 0 aliphatic carbocycles. The van der Waals surface area contributed by atoms with E-state index in [0.29, 0.717) is 30.3 Å². The number of nitrogens with one attached hydrogen (secondary N) is 2. The van der Waals surface area contributed by atoms with Gasteiger partial charge >= 0.3 is 0 Å². The Labute approximate surface area is 131 Å². The van der Waals surface area contributed by atoms with E-state index in [4.69, 9.17) is 0 Å². The zero-order valence-electron chi connectivity index (χ0n) is 13.2. The van der Waals surface area contributed by atoms with Gasteiger partial charge in [0.1, 0.15) is 0 Å². The molecule has 0 radical (unpaired) electrons. The molecule has 22 heavy (non-hydrogen) atoms. The van der Waals surface area contributed by atoms with Crippen LogP contribution in [0.2, 0.25) is 0 Å². The van der Waals surface area contributed by atoms with Crippen LogP contribution < -0.4 is 10.0 Å². The van der Waals surface area contributed by atoms with E-state index >= 15 is 0 Å². The van der Waals surface area contributed by atoms with Gasteiger partial charge in [-0.2, -0.15) is 0 Å². The van der Waals surface area contributed by atoms with Crippen molar-refractivity contribution in [1.29, 1.82) is 0 Å². The monoisotopic (exact) mass is 325 g/mol. The molecular formula is C15H23N3O3S. The topological polar surface area (TPSA) is 78.5 Å². The molecule has 0 saturated carbocycles. The molecule has 0 aromatic heterocycles. The third kappa shape index (κ3) is 4.20. The Balaban J connectivity index is 2.24. The van der Waals surface area contributed by atoms with Crippen molar-refractivity contribution in [1.82, 2.24) is 10.2 Å². The van der Waals surface area contributed by atoms with Crippen molar-refractivity contribution in [2.45, 2.75) is 13.3 Å². The summed E-state index contributed by atoms with van der Waals surface area (Å²) in [7, 11) is -1.52. The van der Waals surface area contributed by atoms with E-state index in [2.05, 4.69) is 10.0 Å². The molecule has 1 aromatic carbocycles. The van der Waals surface area contributed by atoms with Crippen LogP contribution in [0, 0.1) is 12.8 Å². The Morgan fingerprint density at radius 1 is 1.41 bits per heavy atom. The quantitative estimate of drug-likeness (QED) is 0.848. The van der Waals surface area contributed by atoms with Crippen LogP contribution in [0.25, 0.3) is 0 Å². The highest BCUT2D eigenvalue weighted by molar-refractivity contribution is 7.92. The fourth-order valence-corrected chi connectivity index (χ4v) is 3.34. The minimum Gasteiger partial charge on any atom is -0.338 e. The number of anilines is 1. The van der Waals surface area contributed by atoms with E-state index < -0.39 is 10.0 Å². The highest BCUT2D eigenvalue weighted by atomic mass is 32.2. The van der Waals surface area contributed by atoms with E-state index in [0.717, 1.165) is 24.8 Å². The second-order valence-corrected chi connectivity index (χ2v) is 7.64. The van der Waals surface area contributed by atoms with Gasteiger partial charge < -0.3 is 10.2 Å². The number of carbonyl (C=O) groups is 1. The number of hydrogen-bond acceptors (Lipinski definition) is 4. The van der Waals surface area contributed by atoms with Crippen LogP contribution in [0.3, 0.4) is 0 Å². The van der Waals surface area contributed by atoms with Gasteiger partial charge in [0.15, 0.2) is 0 Å². The molecule has 122 valence electrons. The van der Waals surface area contributed by atoms with Gasteiger partial charge in [0.25, 0.3) is 5.91 Å². The lowest BCUT2D eigenvalue weighted by Crippen LogP contribution is -2.31. The molecule has 1 aliphatic rings. The van der Waals surface area contributed by atoms with Gasteiger partial charge in [-0.25, -0.2) is 8.42 Å². The molecule has 0 spiro atoms. The fourth-order valence-electron chi connectivity index (χ4n) is 2.77. The third-order valence-electron chi connectivity index (χ3n) is 3.77. The molecule has 2 rings (SSSR count). The summed E-state index contributed by atoms with van der Waals surface area (Å²) in [6.07, 6.45) is 2.05. The largest absolute Gasteiger partial charge is 0.338 e. The molecule has 2 N–H and O–H groups in total. The number of carbonyl (C=O) groups excluding carboxylic acids is 1. The van der Waals surface area contributed by atoms with Gasteiger partial charge in [0.05, 0.1) is 17.5 Å². The number of amides is 1. The van der Waals surface area contributed by atoms with Crippen LogP contribution in [-0.2, 0) is 10.0 Å². The molecule has 1 aromatic rings. The van der Waals surface area contributed by atoms with Gasteiger partial charge in [-0.15, -0.1) is 0 Å². The van der Waals surface area contributed by atoms with Crippen LogP contribution in [0.5, 0.6) is 0 Å². The SMILES string of the molecule is CNCC1CCN(C(=O)c2cc(C)ccc2NS(C)(=O)=O)C1. The minimum atomic E-state index is -3.42. The molecular weight excluding hydrogens is 302 g/mol. The summed E-state index contributed by atoms with van der Waals surface area (Å²) in [5, 5.41) is 3.13. The Kier molecular flexibility index (Phi) is 5.08. The summed E-state index contributed by atoms with van der Waals surface area (Å²) < 4.78 is 25.4. The summed E-state index contributed by atoms with van der Waals surface area (Å²) in [5.74, 6) is 0.332. The molecule has 7 heteroatoms. The highest BCUT2D eigenvalue weighted by Gasteiger charge is 2.28. The van der Waals surface area contributed by atoms with Crippen molar-refractivity contribution < 1.29 is 13.2 Å². The third-order valence-corrected chi connectivity index (χ3v) is 4.36. The molecule has 1 fully saturated rings. The second-order valence-electron chi connectivity index (χ2n) is 5.89. The summed E-state index contributed by atoms with van der Waals surface area (Å²) in [4.78, 5) is 14.5. The Morgan fingerprint density at radius 2 is 2.14 bits per heavy atom. The maximum absolute atomic E-state index is 12.7. The average Bonchev–Trinajstić information content (AvgIpc) is 2.87. The smallest absolute Gasteiger partial charge is 0.256 e. The number of benzene rings is 1. The molecule has 1 amide bonds. The summed E-state index contributed by atoms with van der Waals surface area (Å²) in [6, 6.07) is 5.17. The lowest BCUT2D eigenvalue weighted by Gasteiger charge is -2.19. The summed E-state index contributed by atoms with van der Waals surface area (Å²) >= 11 is 0. The maximum atomic E-state index is 12.7. The number of rotatable bonds is 5. The standard InChI is InChI=1S/C15H23N3O3S/c1-11-4-5-14(17-22(3,20)21)13(8-11)15(19)18-7-6-12(10-18)9-16-2/h4-5,8,12,16-17H,6-7,9-10H2,1-3H3. The molecule has 1 aliphatic heterocycles. The van der Waals surface area contributed by atoms with E-state index in [1.54, 1.807) is 23.1 Å².